The van der Waals surface area contributed by atoms with Gasteiger partial charge in [-0.1, -0.05) is 30.5 Å². The quantitative estimate of drug-likeness (QED) is 0.168. The van der Waals surface area contributed by atoms with Crippen molar-refractivity contribution in [2.75, 3.05) is 13.7 Å². The molecule has 2 amide bonds. The van der Waals surface area contributed by atoms with E-state index in [1.165, 1.54) is 12.0 Å². The fourth-order valence-corrected chi connectivity index (χ4v) is 5.66. The molecule has 2 heterocycles. The normalized spacial score (nSPS) is 17.6. The number of fused-ring (bicyclic) bond motifs is 1. The Morgan fingerprint density at radius 2 is 2.00 bits per heavy atom. The Balaban J connectivity index is 1.80. The molecule has 1 aromatic carbocycles. The molecule has 1 aliphatic rings. The van der Waals surface area contributed by atoms with Crippen LogP contribution in [0, 0.1) is 12.8 Å². The van der Waals surface area contributed by atoms with Gasteiger partial charge in [0.05, 0.1) is 18.3 Å². The molecule has 9 nitrogen and oxygen atoms in total. The van der Waals surface area contributed by atoms with Crippen molar-refractivity contribution in [1.82, 2.24) is 15.2 Å². The topological polar surface area (TPSA) is 118 Å². The molecule has 0 unspecified atom stereocenters. The second kappa shape index (κ2) is 14.7. The van der Waals surface area contributed by atoms with Gasteiger partial charge in [0, 0.05) is 22.5 Å². The number of amides is 2. The maximum atomic E-state index is 13.9. The first kappa shape index (κ1) is 33.2. The van der Waals surface area contributed by atoms with E-state index in [0.717, 1.165) is 42.1 Å². The molecule has 1 fully saturated rings. The number of nitrogens with zero attached hydrogens (tertiary/aromatic N) is 2. The summed E-state index contributed by atoms with van der Waals surface area (Å²) in [4.78, 5) is 45.4. The standard InChI is InChI=1S/C32H44ClN3O6/c1-7-8-9-10-11-12-26(35-31(40)42-32(3,4)5)29(38)36-19-21(17-27(36)30(39)41-6)13-15-23-24-18-22(33)14-16-25(24)34-20(2)28(23)37/h7,14,16,18,21,26-27,37H,1,8-13,15,17,19H2,2-6H3,(H,35,40)/t21-,26+,27+/m1/s1. The number of hydrogen-bond donors (Lipinski definition) is 2. The van der Waals surface area contributed by atoms with Crippen LogP contribution in [0.2, 0.25) is 5.02 Å². The van der Waals surface area contributed by atoms with E-state index in [-0.39, 0.29) is 17.6 Å². The number of carbonyl (C=O) groups is 3. The molecule has 10 heteroatoms. The van der Waals surface area contributed by atoms with Crippen LogP contribution in [0.1, 0.15) is 77.0 Å². The number of likely N-dealkylation sites (tertiary alicyclic amines) is 1. The zero-order valence-electron chi connectivity index (χ0n) is 25.4. The number of rotatable bonds is 12. The zero-order valence-corrected chi connectivity index (χ0v) is 26.1. The van der Waals surface area contributed by atoms with Crippen molar-refractivity contribution >= 4 is 40.5 Å². The predicted octanol–water partition coefficient (Wildman–Crippen LogP) is 6.25. The smallest absolute Gasteiger partial charge is 0.408 e. The molecule has 3 atom stereocenters. The maximum Gasteiger partial charge on any atom is 0.408 e. The summed E-state index contributed by atoms with van der Waals surface area (Å²) in [6.07, 6.45) is 6.55. The van der Waals surface area contributed by atoms with E-state index in [1.54, 1.807) is 39.8 Å². The molecule has 3 rings (SSSR count). The highest BCUT2D eigenvalue weighted by Gasteiger charge is 2.42. The van der Waals surface area contributed by atoms with Gasteiger partial charge >= 0.3 is 12.1 Å². The SMILES string of the molecule is C=CCCCCC[C@H](NC(=O)OC(C)(C)C)C(=O)N1C[C@H](CCc2c(O)c(C)nc3ccc(Cl)cc23)C[C@H]1C(=O)OC. The average Bonchev–Trinajstić information content (AvgIpc) is 3.35. The Morgan fingerprint density at radius 1 is 1.26 bits per heavy atom. The Kier molecular flexibility index (Phi) is 11.6. The summed E-state index contributed by atoms with van der Waals surface area (Å²) >= 11 is 6.25. The number of aromatic hydroxyl groups is 1. The number of alkyl carbamates (subject to hydrolysis) is 1. The van der Waals surface area contributed by atoms with Crippen LogP contribution in [-0.2, 0) is 25.5 Å². The van der Waals surface area contributed by atoms with Gasteiger partial charge in [0.25, 0.3) is 0 Å². The van der Waals surface area contributed by atoms with Crippen molar-refractivity contribution < 1.29 is 29.0 Å². The fourth-order valence-electron chi connectivity index (χ4n) is 5.48. The number of aromatic nitrogens is 1. The van der Waals surface area contributed by atoms with Crippen LogP contribution >= 0.6 is 11.6 Å². The van der Waals surface area contributed by atoms with Crippen molar-refractivity contribution in [2.24, 2.45) is 5.92 Å². The molecule has 230 valence electrons. The minimum atomic E-state index is -0.840. The van der Waals surface area contributed by atoms with Crippen molar-refractivity contribution in [2.45, 2.75) is 96.7 Å². The first-order valence-electron chi connectivity index (χ1n) is 14.6. The fraction of sp³-hybridized carbons (Fsp3) is 0.562. The second-order valence-corrected chi connectivity index (χ2v) is 12.4. The minimum absolute atomic E-state index is 0.0325. The van der Waals surface area contributed by atoms with Gasteiger partial charge in [-0.15, -0.1) is 6.58 Å². The molecular formula is C32H44ClN3O6. The lowest BCUT2D eigenvalue weighted by atomic mass is 9.94. The van der Waals surface area contributed by atoms with Gasteiger partial charge in [-0.05, 0) is 90.3 Å². The summed E-state index contributed by atoms with van der Waals surface area (Å²) in [5.74, 6) is -0.733. The summed E-state index contributed by atoms with van der Waals surface area (Å²) < 4.78 is 10.5. The number of unbranched alkanes of at least 4 members (excludes halogenated alkanes) is 3. The number of allylic oxidation sites excluding steroid dienone is 1. The van der Waals surface area contributed by atoms with Crippen LogP contribution in [0.4, 0.5) is 4.79 Å². The maximum absolute atomic E-state index is 13.9. The van der Waals surface area contributed by atoms with Gasteiger partial charge in [-0.3, -0.25) is 4.79 Å². The van der Waals surface area contributed by atoms with E-state index >= 15 is 0 Å². The van der Waals surface area contributed by atoms with Crippen molar-refractivity contribution in [3.63, 3.8) is 0 Å². The van der Waals surface area contributed by atoms with Crippen LogP contribution in [0.25, 0.3) is 10.9 Å². The van der Waals surface area contributed by atoms with Gasteiger partial charge < -0.3 is 24.8 Å². The van der Waals surface area contributed by atoms with Gasteiger partial charge in [0.15, 0.2) is 0 Å². The summed E-state index contributed by atoms with van der Waals surface area (Å²) in [7, 11) is 1.31. The van der Waals surface area contributed by atoms with Crippen molar-refractivity contribution in [3.05, 3.63) is 47.1 Å². The third kappa shape index (κ3) is 8.84. The largest absolute Gasteiger partial charge is 0.506 e. The van der Waals surface area contributed by atoms with E-state index in [2.05, 4.69) is 16.9 Å². The zero-order chi connectivity index (χ0) is 31.0. The molecule has 2 N–H and O–H groups in total. The molecule has 0 saturated carbocycles. The lowest BCUT2D eigenvalue weighted by Gasteiger charge is -2.29. The monoisotopic (exact) mass is 601 g/mol. The molecule has 1 saturated heterocycles. The number of halogens is 1. The summed E-state index contributed by atoms with van der Waals surface area (Å²) in [5, 5.41) is 14.9. The Hall–Kier alpha value is -3.33. The molecule has 42 heavy (non-hydrogen) atoms. The average molecular weight is 602 g/mol. The number of pyridine rings is 1. The number of aryl methyl sites for hydroxylation is 2. The Morgan fingerprint density at radius 3 is 2.67 bits per heavy atom. The lowest BCUT2D eigenvalue weighted by molar-refractivity contribution is -0.151. The Bertz CT molecular complexity index is 1290. The van der Waals surface area contributed by atoms with E-state index in [1.807, 2.05) is 12.1 Å². The van der Waals surface area contributed by atoms with E-state index < -0.39 is 29.7 Å². The number of esters is 1. The summed E-state index contributed by atoms with van der Waals surface area (Å²) in [6, 6.07) is 3.77. The molecule has 1 aromatic heterocycles. The number of hydrogen-bond acceptors (Lipinski definition) is 7. The highest BCUT2D eigenvalue weighted by atomic mass is 35.5. The predicted molar refractivity (Wildman–Crippen MR) is 164 cm³/mol. The molecule has 1 aliphatic heterocycles. The summed E-state index contributed by atoms with van der Waals surface area (Å²) in [5.41, 5.74) is 1.28. The van der Waals surface area contributed by atoms with Crippen molar-refractivity contribution in [1.29, 1.82) is 0 Å². The molecule has 0 spiro atoms. The van der Waals surface area contributed by atoms with Gasteiger partial charge in [0.1, 0.15) is 23.4 Å². The first-order chi connectivity index (χ1) is 19.8. The number of carbonyl (C=O) groups excluding carboxylic acids is 3. The van der Waals surface area contributed by atoms with Gasteiger partial charge in [0.2, 0.25) is 5.91 Å². The molecule has 2 aromatic rings. The number of ether oxygens (including phenoxy) is 2. The van der Waals surface area contributed by atoms with Crippen LogP contribution in [0.15, 0.2) is 30.9 Å². The first-order valence-corrected chi connectivity index (χ1v) is 15.0. The van der Waals surface area contributed by atoms with E-state index in [4.69, 9.17) is 21.1 Å². The van der Waals surface area contributed by atoms with E-state index in [9.17, 15) is 19.5 Å². The summed E-state index contributed by atoms with van der Waals surface area (Å²) in [6.45, 7) is 11.1. The number of methoxy groups -OCH3 is 1. The molecule has 0 aliphatic carbocycles. The highest BCUT2D eigenvalue weighted by molar-refractivity contribution is 6.31. The highest BCUT2D eigenvalue weighted by Crippen LogP contribution is 2.35. The van der Waals surface area contributed by atoms with Crippen LogP contribution in [0.3, 0.4) is 0 Å². The molecule has 0 bridgehead atoms. The van der Waals surface area contributed by atoms with Gasteiger partial charge in [-0.2, -0.15) is 0 Å². The Labute approximate surface area is 253 Å². The third-order valence-electron chi connectivity index (χ3n) is 7.54. The minimum Gasteiger partial charge on any atom is -0.506 e. The number of nitrogens with one attached hydrogen (secondary N) is 1. The number of benzene rings is 1. The third-order valence-corrected chi connectivity index (χ3v) is 7.77. The van der Waals surface area contributed by atoms with Crippen LogP contribution < -0.4 is 5.32 Å². The van der Waals surface area contributed by atoms with Gasteiger partial charge in [-0.25, -0.2) is 14.6 Å². The van der Waals surface area contributed by atoms with Crippen LogP contribution in [0.5, 0.6) is 5.75 Å². The van der Waals surface area contributed by atoms with Crippen LogP contribution in [-0.4, -0.2) is 64.3 Å². The van der Waals surface area contributed by atoms with Crippen molar-refractivity contribution in [3.8, 4) is 5.75 Å². The second-order valence-electron chi connectivity index (χ2n) is 12.0. The molecule has 0 radical (unpaired) electrons. The van der Waals surface area contributed by atoms with E-state index in [0.29, 0.717) is 42.9 Å². The molecular weight excluding hydrogens is 558 g/mol. The lowest BCUT2D eigenvalue weighted by Crippen LogP contribution is -2.52.